The number of amides is 1. The van der Waals surface area contributed by atoms with Gasteiger partial charge >= 0.3 is 0 Å². The van der Waals surface area contributed by atoms with Crippen LogP contribution in [0.2, 0.25) is 0 Å². The lowest BCUT2D eigenvalue weighted by atomic mass is 10.2. The Bertz CT molecular complexity index is 363. The molecule has 0 saturated heterocycles. The van der Waals surface area contributed by atoms with E-state index in [1.165, 1.54) is 5.56 Å². The second-order valence-electron chi connectivity index (χ2n) is 3.99. The maximum atomic E-state index is 11.6. The van der Waals surface area contributed by atoms with Gasteiger partial charge in [-0.15, -0.1) is 0 Å². The molecule has 3 heteroatoms. The van der Waals surface area contributed by atoms with Crippen molar-refractivity contribution in [2.75, 3.05) is 5.32 Å². The Hall–Kier alpha value is -0.580. The third-order valence-corrected chi connectivity index (χ3v) is 3.30. The van der Waals surface area contributed by atoms with E-state index in [9.17, 15) is 4.79 Å². The first kappa shape index (κ1) is 13.5. The first-order chi connectivity index (χ1) is 7.63. The molecule has 0 fully saturated rings. The van der Waals surface area contributed by atoms with E-state index in [1.54, 1.807) is 0 Å². The van der Waals surface area contributed by atoms with Gasteiger partial charge in [-0.05, 0) is 53.6 Å². The van der Waals surface area contributed by atoms with Gasteiger partial charge in [0.1, 0.15) is 0 Å². The number of halogens is 1. The number of nitrogens with one attached hydrogen (secondary N) is 1. The summed E-state index contributed by atoms with van der Waals surface area (Å²) in [5, 5.41) is 2.95. The van der Waals surface area contributed by atoms with Crippen molar-refractivity contribution in [3.63, 3.8) is 0 Å². The first-order valence-electron chi connectivity index (χ1n) is 5.69. The molecular weight excluding hydrogens is 313 g/mol. The molecule has 0 aromatic heterocycles. The zero-order chi connectivity index (χ0) is 12.0. The Balaban J connectivity index is 2.49. The van der Waals surface area contributed by atoms with Crippen LogP contribution >= 0.6 is 22.6 Å². The van der Waals surface area contributed by atoms with Gasteiger partial charge in [-0.3, -0.25) is 4.79 Å². The average Bonchev–Trinajstić information content (AvgIpc) is 2.23. The van der Waals surface area contributed by atoms with Crippen molar-refractivity contribution in [3.05, 3.63) is 27.3 Å². The summed E-state index contributed by atoms with van der Waals surface area (Å²) in [5.41, 5.74) is 2.14. The van der Waals surface area contributed by atoms with E-state index >= 15 is 0 Å². The van der Waals surface area contributed by atoms with Crippen LogP contribution in [-0.2, 0) is 4.79 Å². The van der Waals surface area contributed by atoms with Gasteiger partial charge in [-0.2, -0.15) is 0 Å². The van der Waals surface area contributed by atoms with Crippen LogP contribution < -0.4 is 5.32 Å². The molecule has 1 aromatic rings. The maximum absolute atomic E-state index is 11.6. The summed E-state index contributed by atoms with van der Waals surface area (Å²) in [6.45, 7) is 4.19. The first-order valence-corrected chi connectivity index (χ1v) is 6.77. The van der Waals surface area contributed by atoms with Crippen molar-refractivity contribution in [3.8, 4) is 0 Å². The normalized spacial score (nSPS) is 10.2. The number of aryl methyl sites for hydroxylation is 1. The van der Waals surface area contributed by atoms with Gasteiger partial charge in [-0.1, -0.05) is 25.8 Å². The molecule has 0 unspecified atom stereocenters. The molecule has 1 amide bonds. The smallest absolute Gasteiger partial charge is 0.224 e. The monoisotopic (exact) mass is 331 g/mol. The van der Waals surface area contributed by atoms with Crippen LogP contribution in [0.3, 0.4) is 0 Å². The quantitative estimate of drug-likeness (QED) is 0.638. The van der Waals surface area contributed by atoms with Gasteiger partial charge in [-0.25, -0.2) is 0 Å². The Labute approximate surface area is 111 Å². The maximum Gasteiger partial charge on any atom is 0.224 e. The van der Waals surface area contributed by atoms with Gasteiger partial charge in [0, 0.05) is 9.99 Å². The zero-order valence-electron chi connectivity index (χ0n) is 9.85. The minimum absolute atomic E-state index is 0.121. The number of benzene rings is 1. The molecule has 1 rings (SSSR count). The lowest BCUT2D eigenvalue weighted by Crippen LogP contribution is -2.12. The van der Waals surface area contributed by atoms with Crippen molar-refractivity contribution in [2.24, 2.45) is 0 Å². The molecule has 0 radical (unpaired) electrons. The number of hydrogen-bond donors (Lipinski definition) is 1. The summed E-state index contributed by atoms with van der Waals surface area (Å²) in [7, 11) is 0. The Morgan fingerprint density at radius 2 is 2.12 bits per heavy atom. The average molecular weight is 331 g/mol. The number of unbranched alkanes of at least 4 members (excludes halogenated alkanes) is 2. The third-order valence-electron chi connectivity index (χ3n) is 2.41. The molecule has 0 spiro atoms. The molecule has 0 atom stereocenters. The van der Waals surface area contributed by atoms with E-state index in [-0.39, 0.29) is 5.91 Å². The SMILES string of the molecule is CCCCCC(=O)Nc1ccc(C)cc1I. The van der Waals surface area contributed by atoms with Gasteiger partial charge in [0.05, 0.1) is 5.69 Å². The van der Waals surface area contributed by atoms with Gasteiger partial charge < -0.3 is 5.32 Å². The molecule has 1 aromatic carbocycles. The van der Waals surface area contributed by atoms with Crippen LogP contribution in [-0.4, -0.2) is 5.91 Å². The summed E-state index contributed by atoms with van der Waals surface area (Å²) in [6, 6.07) is 6.06. The second kappa shape index (κ2) is 6.89. The molecule has 0 bridgehead atoms. The molecule has 0 aliphatic rings. The fraction of sp³-hybridized carbons (Fsp3) is 0.462. The predicted octanol–water partition coefficient (Wildman–Crippen LogP) is 4.12. The molecule has 0 saturated carbocycles. The minimum atomic E-state index is 0.121. The van der Waals surface area contributed by atoms with E-state index in [0.717, 1.165) is 28.5 Å². The lowest BCUT2D eigenvalue weighted by Gasteiger charge is -2.07. The Morgan fingerprint density at radius 1 is 1.38 bits per heavy atom. The van der Waals surface area contributed by atoms with Crippen molar-refractivity contribution in [1.29, 1.82) is 0 Å². The topological polar surface area (TPSA) is 29.1 Å². The van der Waals surface area contributed by atoms with Crippen LogP contribution in [0.15, 0.2) is 18.2 Å². The summed E-state index contributed by atoms with van der Waals surface area (Å²) in [5.74, 6) is 0.121. The van der Waals surface area contributed by atoms with Crippen molar-refractivity contribution < 1.29 is 4.79 Å². The number of hydrogen-bond acceptors (Lipinski definition) is 1. The lowest BCUT2D eigenvalue weighted by molar-refractivity contribution is -0.116. The number of carbonyl (C=O) groups excluding carboxylic acids is 1. The predicted molar refractivity (Wildman–Crippen MR) is 76.7 cm³/mol. The van der Waals surface area contributed by atoms with Crippen LogP contribution in [0.25, 0.3) is 0 Å². The van der Waals surface area contributed by atoms with Gasteiger partial charge in [0.2, 0.25) is 5.91 Å². The largest absolute Gasteiger partial charge is 0.325 e. The van der Waals surface area contributed by atoms with Crippen LogP contribution in [0.5, 0.6) is 0 Å². The molecule has 0 aliphatic carbocycles. The van der Waals surface area contributed by atoms with E-state index < -0.39 is 0 Å². The van der Waals surface area contributed by atoms with E-state index in [4.69, 9.17) is 0 Å². The van der Waals surface area contributed by atoms with Crippen molar-refractivity contribution >= 4 is 34.2 Å². The molecule has 0 aliphatic heterocycles. The van der Waals surface area contributed by atoms with E-state index in [0.29, 0.717) is 6.42 Å². The molecule has 0 heterocycles. The number of carbonyl (C=O) groups is 1. The molecule has 1 N–H and O–H groups in total. The summed E-state index contributed by atoms with van der Waals surface area (Å²) < 4.78 is 1.10. The fourth-order valence-corrected chi connectivity index (χ4v) is 2.28. The van der Waals surface area contributed by atoms with Crippen molar-refractivity contribution in [2.45, 2.75) is 39.5 Å². The second-order valence-corrected chi connectivity index (χ2v) is 5.15. The molecule has 88 valence electrons. The van der Waals surface area contributed by atoms with Crippen LogP contribution in [0, 0.1) is 10.5 Å². The van der Waals surface area contributed by atoms with Gasteiger partial charge in [0.15, 0.2) is 0 Å². The highest BCUT2D eigenvalue weighted by molar-refractivity contribution is 14.1. The highest BCUT2D eigenvalue weighted by Crippen LogP contribution is 2.19. The number of anilines is 1. The molecule has 2 nitrogen and oxygen atoms in total. The molecular formula is C13H18INO. The summed E-state index contributed by atoms with van der Waals surface area (Å²) in [4.78, 5) is 11.6. The highest BCUT2D eigenvalue weighted by Gasteiger charge is 2.04. The van der Waals surface area contributed by atoms with Gasteiger partial charge in [0.25, 0.3) is 0 Å². The fourth-order valence-electron chi connectivity index (χ4n) is 1.47. The summed E-state index contributed by atoms with van der Waals surface area (Å²) >= 11 is 2.25. The highest BCUT2D eigenvalue weighted by atomic mass is 127. The van der Waals surface area contributed by atoms with E-state index in [1.807, 2.05) is 12.1 Å². The Morgan fingerprint density at radius 3 is 2.75 bits per heavy atom. The standard InChI is InChI=1S/C13H18INO/c1-3-4-5-6-13(16)15-12-8-7-10(2)9-11(12)14/h7-9H,3-6H2,1-2H3,(H,15,16). The van der Waals surface area contributed by atoms with E-state index in [2.05, 4.69) is 47.8 Å². The summed E-state index contributed by atoms with van der Waals surface area (Å²) in [6.07, 6.45) is 3.87. The van der Waals surface area contributed by atoms with Crippen LogP contribution in [0.4, 0.5) is 5.69 Å². The van der Waals surface area contributed by atoms with Crippen molar-refractivity contribution in [1.82, 2.24) is 0 Å². The zero-order valence-corrected chi connectivity index (χ0v) is 12.0. The minimum Gasteiger partial charge on any atom is -0.325 e. The Kier molecular flexibility index (Phi) is 5.80. The number of rotatable bonds is 5. The third kappa shape index (κ3) is 4.51. The van der Waals surface area contributed by atoms with Crippen LogP contribution in [0.1, 0.15) is 38.2 Å². The molecule has 16 heavy (non-hydrogen) atoms.